The lowest BCUT2D eigenvalue weighted by molar-refractivity contribution is 0.414. The van der Waals surface area contributed by atoms with Gasteiger partial charge in [0.1, 0.15) is 5.75 Å². The Labute approximate surface area is 162 Å². The van der Waals surface area contributed by atoms with Crippen molar-refractivity contribution in [3.8, 4) is 5.75 Å². The third-order valence-electron chi connectivity index (χ3n) is 5.77. The summed E-state index contributed by atoms with van der Waals surface area (Å²) in [6, 6.07) is 6.59. The Morgan fingerprint density at radius 3 is 2.04 bits per heavy atom. The van der Waals surface area contributed by atoms with Gasteiger partial charge in [-0.2, -0.15) is 0 Å². The van der Waals surface area contributed by atoms with E-state index in [2.05, 4.69) is 31.2 Å². The van der Waals surface area contributed by atoms with Gasteiger partial charge in [-0.3, -0.25) is 0 Å². The highest BCUT2D eigenvalue weighted by Gasteiger charge is 2.13. The Morgan fingerprint density at radius 1 is 0.808 bits per heavy atom. The highest BCUT2D eigenvalue weighted by atomic mass is 16.5. The first-order valence-corrected chi connectivity index (χ1v) is 11.2. The van der Waals surface area contributed by atoms with Crippen LogP contribution in [0.25, 0.3) is 5.57 Å². The fourth-order valence-corrected chi connectivity index (χ4v) is 4.10. The summed E-state index contributed by atoms with van der Waals surface area (Å²) in [7, 11) is 1.76. The van der Waals surface area contributed by atoms with Crippen molar-refractivity contribution in [2.24, 2.45) is 0 Å². The summed E-state index contributed by atoms with van der Waals surface area (Å²) in [5, 5.41) is 0. The third-order valence-corrected chi connectivity index (χ3v) is 5.77. The molecule has 0 amide bonds. The van der Waals surface area contributed by atoms with E-state index in [-0.39, 0.29) is 0 Å². The van der Waals surface area contributed by atoms with Crippen LogP contribution in [0.5, 0.6) is 5.75 Å². The Hall–Kier alpha value is -1.24. The van der Waals surface area contributed by atoms with Gasteiger partial charge in [-0.1, -0.05) is 89.7 Å². The van der Waals surface area contributed by atoms with Crippen molar-refractivity contribution >= 4 is 5.57 Å². The number of hydrogen-bond acceptors (Lipinski definition) is 1. The van der Waals surface area contributed by atoms with Crippen LogP contribution in [0.15, 0.2) is 24.3 Å². The predicted molar refractivity (Wildman–Crippen MR) is 115 cm³/mol. The Bertz CT molecular complexity index is 529. The largest absolute Gasteiger partial charge is 0.497 e. The molecule has 0 atom stereocenters. The zero-order valence-corrected chi connectivity index (χ0v) is 17.3. The lowest BCUT2D eigenvalue weighted by Gasteiger charge is -2.19. The molecule has 1 aromatic carbocycles. The van der Waals surface area contributed by atoms with Crippen LogP contribution in [0.1, 0.15) is 108 Å². The standard InChI is InChI=1S/C25H40O/c1-3-4-5-6-7-8-9-10-11-12-13-14-16-22-17-15-18-23-19-20-24(26-2)21-25(22)23/h17,19-21H,3-16,18H2,1-2H3. The smallest absolute Gasteiger partial charge is 0.119 e. The number of aryl methyl sites for hydroxylation is 1. The van der Waals surface area contributed by atoms with E-state index in [0.717, 1.165) is 5.75 Å². The van der Waals surface area contributed by atoms with Crippen LogP contribution in [0.2, 0.25) is 0 Å². The highest BCUT2D eigenvalue weighted by Crippen LogP contribution is 2.32. The van der Waals surface area contributed by atoms with Gasteiger partial charge in [0.05, 0.1) is 7.11 Å². The van der Waals surface area contributed by atoms with Crippen LogP contribution >= 0.6 is 0 Å². The van der Waals surface area contributed by atoms with Crippen LogP contribution < -0.4 is 4.74 Å². The SMILES string of the molecule is CCCCCCCCCCCCCCC1=CCCc2ccc(OC)cc21. The lowest BCUT2D eigenvalue weighted by Crippen LogP contribution is -2.00. The second-order valence-corrected chi connectivity index (χ2v) is 7.93. The maximum atomic E-state index is 5.42. The Morgan fingerprint density at radius 2 is 1.42 bits per heavy atom. The van der Waals surface area contributed by atoms with Crippen LogP contribution in [-0.2, 0) is 6.42 Å². The molecule has 0 saturated heterocycles. The van der Waals surface area contributed by atoms with E-state index in [4.69, 9.17) is 4.74 Å². The molecule has 0 spiro atoms. The summed E-state index contributed by atoms with van der Waals surface area (Å²) in [6.07, 6.45) is 23.1. The number of allylic oxidation sites excluding steroid dienone is 2. The zero-order valence-electron chi connectivity index (χ0n) is 17.3. The van der Waals surface area contributed by atoms with E-state index in [1.54, 1.807) is 12.7 Å². The van der Waals surface area contributed by atoms with Crippen LogP contribution in [-0.4, -0.2) is 7.11 Å². The molecule has 0 aliphatic heterocycles. The van der Waals surface area contributed by atoms with E-state index in [9.17, 15) is 0 Å². The molecule has 26 heavy (non-hydrogen) atoms. The van der Waals surface area contributed by atoms with Crippen LogP contribution in [0.3, 0.4) is 0 Å². The number of benzene rings is 1. The lowest BCUT2D eigenvalue weighted by atomic mass is 9.88. The average Bonchev–Trinajstić information content (AvgIpc) is 2.68. The molecule has 0 bridgehead atoms. The first kappa shape index (κ1) is 21.1. The van der Waals surface area contributed by atoms with Gasteiger partial charge >= 0.3 is 0 Å². The van der Waals surface area contributed by atoms with E-state index in [1.807, 2.05) is 0 Å². The van der Waals surface area contributed by atoms with E-state index in [1.165, 1.54) is 107 Å². The van der Waals surface area contributed by atoms with Gasteiger partial charge in [0.25, 0.3) is 0 Å². The fourth-order valence-electron chi connectivity index (χ4n) is 4.10. The van der Waals surface area contributed by atoms with Crippen molar-refractivity contribution in [2.45, 2.75) is 103 Å². The molecule has 1 heteroatoms. The van der Waals surface area contributed by atoms with Gasteiger partial charge in [-0.15, -0.1) is 0 Å². The molecular formula is C25H40O. The number of fused-ring (bicyclic) bond motifs is 1. The van der Waals surface area contributed by atoms with Crippen molar-refractivity contribution in [3.63, 3.8) is 0 Å². The Kier molecular flexibility index (Phi) is 10.5. The molecule has 0 radical (unpaired) electrons. The zero-order chi connectivity index (χ0) is 18.5. The number of ether oxygens (including phenoxy) is 1. The van der Waals surface area contributed by atoms with Gasteiger partial charge in [0.2, 0.25) is 0 Å². The average molecular weight is 357 g/mol. The molecule has 0 N–H and O–H groups in total. The molecule has 146 valence electrons. The molecular weight excluding hydrogens is 316 g/mol. The van der Waals surface area contributed by atoms with Crippen LogP contribution in [0.4, 0.5) is 0 Å². The third kappa shape index (κ3) is 7.56. The minimum absolute atomic E-state index is 0.992. The maximum Gasteiger partial charge on any atom is 0.119 e. The second kappa shape index (κ2) is 13.0. The fraction of sp³-hybridized carbons (Fsp3) is 0.680. The maximum absolute atomic E-state index is 5.42. The summed E-state index contributed by atoms with van der Waals surface area (Å²) < 4.78 is 5.42. The topological polar surface area (TPSA) is 9.23 Å². The van der Waals surface area contributed by atoms with Crippen molar-refractivity contribution in [1.29, 1.82) is 0 Å². The monoisotopic (exact) mass is 356 g/mol. The molecule has 0 fully saturated rings. The van der Waals surface area contributed by atoms with E-state index < -0.39 is 0 Å². The molecule has 0 aromatic heterocycles. The number of methoxy groups -OCH3 is 1. The van der Waals surface area contributed by atoms with Gasteiger partial charge in [-0.25, -0.2) is 0 Å². The summed E-state index contributed by atoms with van der Waals surface area (Å²) >= 11 is 0. The minimum Gasteiger partial charge on any atom is -0.497 e. The molecule has 0 unspecified atom stereocenters. The van der Waals surface area contributed by atoms with Gasteiger partial charge in [-0.05, 0) is 54.5 Å². The van der Waals surface area contributed by atoms with Gasteiger partial charge in [0.15, 0.2) is 0 Å². The van der Waals surface area contributed by atoms with Crippen molar-refractivity contribution < 1.29 is 4.74 Å². The first-order valence-electron chi connectivity index (χ1n) is 11.2. The van der Waals surface area contributed by atoms with Crippen LogP contribution in [0, 0.1) is 0 Å². The second-order valence-electron chi connectivity index (χ2n) is 7.93. The highest BCUT2D eigenvalue weighted by molar-refractivity contribution is 5.71. The molecule has 1 aliphatic rings. The molecule has 1 aliphatic carbocycles. The number of unbranched alkanes of at least 4 members (excludes halogenated alkanes) is 11. The molecule has 0 heterocycles. The van der Waals surface area contributed by atoms with Crippen molar-refractivity contribution in [3.05, 3.63) is 35.4 Å². The van der Waals surface area contributed by atoms with Gasteiger partial charge < -0.3 is 4.74 Å². The summed E-state index contributed by atoms with van der Waals surface area (Å²) in [6.45, 7) is 2.29. The molecule has 0 saturated carbocycles. The number of rotatable bonds is 14. The minimum atomic E-state index is 0.992. The van der Waals surface area contributed by atoms with E-state index in [0.29, 0.717) is 0 Å². The Balaban J connectivity index is 1.54. The quantitative estimate of drug-likeness (QED) is 0.306. The summed E-state index contributed by atoms with van der Waals surface area (Å²) in [5.74, 6) is 0.992. The summed E-state index contributed by atoms with van der Waals surface area (Å²) in [4.78, 5) is 0. The summed E-state index contributed by atoms with van der Waals surface area (Å²) in [5.41, 5.74) is 4.50. The van der Waals surface area contributed by atoms with Crippen molar-refractivity contribution in [1.82, 2.24) is 0 Å². The normalized spacial score (nSPS) is 13.4. The molecule has 2 rings (SSSR count). The van der Waals surface area contributed by atoms with Gasteiger partial charge in [0, 0.05) is 0 Å². The van der Waals surface area contributed by atoms with Crippen molar-refractivity contribution in [2.75, 3.05) is 7.11 Å². The molecule has 1 aromatic rings. The first-order chi connectivity index (χ1) is 12.8. The van der Waals surface area contributed by atoms with E-state index >= 15 is 0 Å². The number of hydrogen-bond donors (Lipinski definition) is 0. The molecule has 1 nitrogen and oxygen atoms in total. The predicted octanol–water partition coefficient (Wildman–Crippen LogP) is 8.12.